The van der Waals surface area contributed by atoms with Crippen molar-refractivity contribution < 1.29 is 23.5 Å². The molecule has 2 rings (SSSR count). The third-order valence-electron chi connectivity index (χ3n) is 2.56. The van der Waals surface area contributed by atoms with E-state index in [1.807, 2.05) is 0 Å². The van der Waals surface area contributed by atoms with Gasteiger partial charge in [0.2, 0.25) is 0 Å². The number of nitrogens with one attached hydrogen (secondary N) is 1. The predicted octanol–water partition coefficient (Wildman–Crippen LogP) is 3.29. The van der Waals surface area contributed by atoms with Crippen LogP contribution in [0.1, 0.15) is 25.6 Å². The number of hydrogen-bond acceptors (Lipinski definition) is 3. The largest absolute Gasteiger partial charge is 0.477 e. The summed E-state index contributed by atoms with van der Waals surface area (Å²) in [4.78, 5) is 22.6. The van der Waals surface area contributed by atoms with Crippen LogP contribution in [0.25, 0.3) is 0 Å². The second-order valence-electron chi connectivity index (χ2n) is 3.98. The molecule has 0 atom stereocenters. The van der Waals surface area contributed by atoms with Gasteiger partial charge in [0.25, 0.3) is 5.91 Å². The zero-order valence-electron chi connectivity index (χ0n) is 10.2. The Balaban J connectivity index is 2.28. The van der Waals surface area contributed by atoms with E-state index in [0.29, 0.717) is 0 Å². The number of carbonyl (C=O) groups excluding carboxylic acids is 1. The average Bonchev–Trinajstić information content (AvgIpc) is 2.83. The second kappa shape index (κ2) is 5.38. The fraction of sp³-hybridized carbons (Fsp3) is 0.0769. The summed E-state index contributed by atoms with van der Waals surface area (Å²) in [5.74, 6) is -4.00. The van der Waals surface area contributed by atoms with Gasteiger partial charge in [-0.2, -0.15) is 0 Å². The van der Waals surface area contributed by atoms with E-state index in [-0.39, 0.29) is 15.4 Å². The average molecular weight is 297 g/mol. The molecule has 0 saturated heterocycles. The molecule has 2 N–H and O–H groups in total. The smallest absolute Gasteiger partial charge is 0.345 e. The molecule has 1 heterocycles. The van der Waals surface area contributed by atoms with Crippen LogP contribution in [-0.2, 0) is 0 Å². The Morgan fingerprint density at radius 3 is 2.50 bits per heavy atom. The first-order valence-electron chi connectivity index (χ1n) is 5.49. The van der Waals surface area contributed by atoms with Gasteiger partial charge < -0.3 is 10.4 Å². The van der Waals surface area contributed by atoms with Gasteiger partial charge in [-0.05, 0) is 30.7 Å². The molecule has 0 unspecified atom stereocenters. The fourth-order valence-electron chi connectivity index (χ4n) is 1.56. The molecule has 0 saturated carbocycles. The van der Waals surface area contributed by atoms with Crippen molar-refractivity contribution in [3.05, 3.63) is 51.9 Å². The van der Waals surface area contributed by atoms with Crippen molar-refractivity contribution in [3.63, 3.8) is 0 Å². The van der Waals surface area contributed by atoms with Crippen LogP contribution in [0.4, 0.5) is 13.8 Å². The number of carboxylic acids is 1. The predicted molar refractivity (Wildman–Crippen MR) is 70.3 cm³/mol. The zero-order valence-corrected chi connectivity index (χ0v) is 11.1. The number of aromatic carboxylic acids is 1. The number of hydrogen-bond donors (Lipinski definition) is 2. The third kappa shape index (κ3) is 2.67. The summed E-state index contributed by atoms with van der Waals surface area (Å²) >= 11 is 0.804. The van der Waals surface area contributed by atoms with E-state index in [1.165, 1.54) is 25.1 Å². The Hall–Kier alpha value is -2.28. The minimum atomic E-state index is -1.14. The van der Waals surface area contributed by atoms with Crippen LogP contribution in [0.5, 0.6) is 0 Å². The fourth-order valence-corrected chi connectivity index (χ4v) is 2.30. The monoisotopic (exact) mass is 297 g/mol. The Labute approximate surface area is 116 Å². The molecule has 104 valence electrons. The standard InChI is InChI=1S/C13H9F2NO3S/c1-6-2-3-7(14)10(11(6)15)12(17)16-9-5-4-8(20-9)13(18)19/h2-5H,1H3,(H,16,17)(H,18,19). The molecule has 4 nitrogen and oxygen atoms in total. The summed E-state index contributed by atoms with van der Waals surface area (Å²) in [7, 11) is 0. The zero-order chi connectivity index (χ0) is 14.9. The van der Waals surface area contributed by atoms with E-state index in [2.05, 4.69) is 5.32 Å². The highest BCUT2D eigenvalue weighted by Gasteiger charge is 2.20. The van der Waals surface area contributed by atoms with E-state index in [0.717, 1.165) is 17.4 Å². The van der Waals surface area contributed by atoms with Crippen molar-refractivity contribution in [1.29, 1.82) is 0 Å². The summed E-state index contributed by atoms with van der Waals surface area (Å²) in [6.07, 6.45) is 0. The Bertz CT molecular complexity index is 697. The summed E-state index contributed by atoms with van der Waals surface area (Å²) in [5, 5.41) is 11.2. The third-order valence-corrected chi connectivity index (χ3v) is 3.55. The molecule has 20 heavy (non-hydrogen) atoms. The lowest BCUT2D eigenvalue weighted by atomic mass is 10.1. The van der Waals surface area contributed by atoms with Crippen molar-refractivity contribution in [3.8, 4) is 0 Å². The van der Waals surface area contributed by atoms with Crippen LogP contribution < -0.4 is 5.32 Å². The highest BCUT2D eigenvalue weighted by atomic mass is 32.1. The molecule has 1 aromatic carbocycles. The maximum atomic E-state index is 13.8. The van der Waals surface area contributed by atoms with Gasteiger partial charge in [-0.3, -0.25) is 4.79 Å². The van der Waals surface area contributed by atoms with E-state index in [9.17, 15) is 18.4 Å². The lowest BCUT2D eigenvalue weighted by molar-refractivity contribution is 0.0702. The Kier molecular flexibility index (Phi) is 3.80. The summed E-state index contributed by atoms with van der Waals surface area (Å²) in [6.45, 7) is 1.42. The lowest BCUT2D eigenvalue weighted by Gasteiger charge is -2.07. The molecule has 0 aliphatic carbocycles. The van der Waals surface area contributed by atoms with Crippen molar-refractivity contribution in [2.45, 2.75) is 6.92 Å². The topological polar surface area (TPSA) is 66.4 Å². The van der Waals surface area contributed by atoms with Crippen molar-refractivity contribution >= 4 is 28.2 Å². The molecule has 0 fully saturated rings. The van der Waals surface area contributed by atoms with Gasteiger partial charge in [-0.15, -0.1) is 11.3 Å². The van der Waals surface area contributed by atoms with E-state index in [1.54, 1.807) is 0 Å². The minimum absolute atomic E-state index is 0.0190. The molecule has 2 aromatic rings. The molecule has 7 heteroatoms. The lowest BCUT2D eigenvalue weighted by Crippen LogP contribution is -2.15. The molecule has 0 bridgehead atoms. The molecular weight excluding hydrogens is 288 g/mol. The number of halogens is 2. The molecule has 0 aliphatic heterocycles. The normalized spacial score (nSPS) is 10.3. The van der Waals surface area contributed by atoms with E-state index in [4.69, 9.17) is 5.11 Å². The first-order chi connectivity index (χ1) is 9.40. The van der Waals surface area contributed by atoms with Gasteiger partial charge in [0, 0.05) is 0 Å². The quantitative estimate of drug-likeness (QED) is 0.913. The maximum Gasteiger partial charge on any atom is 0.345 e. The van der Waals surface area contributed by atoms with Crippen LogP contribution >= 0.6 is 11.3 Å². The first kappa shape index (κ1) is 14.1. The minimum Gasteiger partial charge on any atom is -0.477 e. The van der Waals surface area contributed by atoms with Crippen LogP contribution in [0.2, 0.25) is 0 Å². The van der Waals surface area contributed by atoms with Crippen molar-refractivity contribution in [2.75, 3.05) is 5.32 Å². The van der Waals surface area contributed by atoms with Crippen LogP contribution in [0, 0.1) is 18.6 Å². The van der Waals surface area contributed by atoms with Crippen LogP contribution in [-0.4, -0.2) is 17.0 Å². The second-order valence-corrected chi connectivity index (χ2v) is 5.06. The summed E-state index contributed by atoms with van der Waals surface area (Å²) in [5.41, 5.74) is -0.538. The highest BCUT2D eigenvalue weighted by Crippen LogP contribution is 2.24. The van der Waals surface area contributed by atoms with Crippen LogP contribution in [0.15, 0.2) is 24.3 Å². The number of aryl methyl sites for hydroxylation is 1. The number of carbonyl (C=O) groups is 2. The highest BCUT2D eigenvalue weighted by molar-refractivity contribution is 7.18. The number of thiophene rings is 1. The summed E-state index contributed by atoms with van der Waals surface area (Å²) < 4.78 is 27.3. The van der Waals surface area contributed by atoms with Gasteiger partial charge in [0.05, 0.1) is 5.00 Å². The van der Waals surface area contributed by atoms with Gasteiger partial charge in [-0.1, -0.05) is 6.07 Å². The van der Waals surface area contributed by atoms with E-state index >= 15 is 0 Å². The maximum absolute atomic E-state index is 13.8. The molecule has 0 radical (unpaired) electrons. The number of carboxylic acid groups (broad SMARTS) is 1. The van der Waals surface area contributed by atoms with Crippen molar-refractivity contribution in [2.24, 2.45) is 0 Å². The van der Waals surface area contributed by atoms with Gasteiger partial charge >= 0.3 is 5.97 Å². The first-order valence-corrected chi connectivity index (χ1v) is 6.31. The number of benzene rings is 1. The number of amides is 1. The Morgan fingerprint density at radius 1 is 1.20 bits per heavy atom. The van der Waals surface area contributed by atoms with E-state index < -0.39 is 29.1 Å². The molecular formula is C13H9F2NO3S. The van der Waals surface area contributed by atoms with Gasteiger partial charge in [0.1, 0.15) is 22.1 Å². The van der Waals surface area contributed by atoms with Crippen molar-refractivity contribution in [1.82, 2.24) is 0 Å². The molecule has 1 amide bonds. The summed E-state index contributed by atoms with van der Waals surface area (Å²) in [6, 6.07) is 4.89. The number of rotatable bonds is 3. The van der Waals surface area contributed by atoms with Gasteiger partial charge in [-0.25, -0.2) is 13.6 Å². The van der Waals surface area contributed by atoms with Gasteiger partial charge in [0.15, 0.2) is 0 Å². The molecule has 0 aliphatic rings. The molecule has 1 aromatic heterocycles. The molecule has 0 spiro atoms. The SMILES string of the molecule is Cc1ccc(F)c(C(=O)Nc2ccc(C(=O)O)s2)c1F. The van der Waals surface area contributed by atoms with Crippen LogP contribution in [0.3, 0.4) is 0 Å². The number of anilines is 1. The Morgan fingerprint density at radius 2 is 1.90 bits per heavy atom.